The van der Waals surface area contributed by atoms with E-state index in [0.717, 1.165) is 6.42 Å². The molecule has 0 spiro atoms. The number of carbonyl (C=O) groups excluding carboxylic acids is 1. The summed E-state index contributed by atoms with van der Waals surface area (Å²) in [6.07, 6.45) is 2.59. The third-order valence-corrected chi connectivity index (χ3v) is 2.68. The van der Waals surface area contributed by atoms with Crippen LogP contribution in [0.2, 0.25) is 0 Å². The van der Waals surface area contributed by atoms with Crippen LogP contribution >= 0.6 is 0 Å². The number of carboxylic acids is 1. The minimum absolute atomic E-state index is 0.195. The monoisotopic (exact) mass is 238 g/mol. The molecule has 17 heavy (non-hydrogen) atoms. The molecule has 0 aliphatic heterocycles. The normalized spacial score (nSPS) is 12.1. The van der Waals surface area contributed by atoms with E-state index in [2.05, 4.69) is 19.2 Å². The molecule has 94 valence electrons. The van der Waals surface area contributed by atoms with Gasteiger partial charge in [-0.25, -0.2) is 0 Å². The van der Waals surface area contributed by atoms with Crippen LogP contribution in [0, 0.1) is 5.92 Å². The molecular formula is C12H18N2O3. The van der Waals surface area contributed by atoms with E-state index in [-0.39, 0.29) is 12.5 Å². The number of hydrogen-bond acceptors (Lipinski definition) is 2. The Balaban J connectivity index is 2.62. The fourth-order valence-corrected chi connectivity index (χ4v) is 1.41. The maximum atomic E-state index is 11.8. The van der Waals surface area contributed by atoms with Crippen LogP contribution < -0.4 is 5.32 Å². The van der Waals surface area contributed by atoms with E-state index in [1.165, 1.54) is 4.57 Å². The van der Waals surface area contributed by atoms with Gasteiger partial charge in [0.1, 0.15) is 12.2 Å². The van der Waals surface area contributed by atoms with Crippen molar-refractivity contribution in [3.63, 3.8) is 0 Å². The van der Waals surface area contributed by atoms with Crippen molar-refractivity contribution in [1.29, 1.82) is 0 Å². The van der Waals surface area contributed by atoms with E-state index in [1.54, 1.807) is 18.3 Å². The highest BCUT2D eigenvalue weighted by Gasteiger charge is 2.12. The Hall–Kier alpha value is -1.78. The molecule has 1 aromatic rings. The third kappa shape index (κ3) is 3.94. The van der Waals surface area contributed by atoms with Crippen molar-refractivity contribution in [2.75, 3.05) is 6.54 Å². The van der Waals surface area contributed by atoms with Gasteiger partial charge in [-0.15, -0.1) is 0 Å². The van der Waals surface area contributed by atoms with Gasteiger partial charge in [0.05, 0.1) is 0 Å². The summed E-state index contributed by atoms with van der Waals surface area (Å²) in [4.78, 5) is 22.4. The van der Waals surface area contributed by atoms with Crippen molar-refractivity contribution in [2.45, 2.75) is 26.8 Å². The zero-order chi connectivity index (χ0) is 12.8. The molecule has 0 radical (unpaired) electrons. The van der Waals surface area contributed by atoms with Crippen molar-refractivity contribution >= 4 is 11.9 Å². The zero-order valence-electron chi connectivity index (χ0n) is 10.1. The lowest BCUT2D eigenvalue weighted by Crippen LogP contribution is -2.30. The zero-order valence-corrected chi connectivity index (χ0v) is 10.1. The number of nitrogens with one attached hydrogen (secondary N) is 1. The van der Waals surface area contributed by atoms with Crippen molar-refractivity contribution in [3.05, 3.63) is 24.0 Å². The van der Waals surface area contributed by atoms with Crippen LogP contribution in [0.1, 0.15) is 30.8 Å². The average Bonchev–Trinajstić information content (AvgIpc) is 2.72. The lowest BCUT2D eigenvalue weighted by atomic mass is 10.1. The number of hydrogen-bond donors (Lipinski definition) is 2. The van der Waals surface area contributed by atoms with E-state index >= 15 is 0 Å². The van der Waals surface area contributed by atoms with Crippen molar-refractivity contribution in [2.24, 2.45) is 5.92 Å². The lowest BCUT2D eigenvalue weighted by molar-refractivity contribution is -0.137. The standard InChI is InChI=1S/C12H18N2O3/c1-3-9(2)7-13-12(17)10-5-4-6-14(10)8-11(15)16/h4-6,9H,3,7-8H2,1-2H3,(H,13,17)(H,15,16). The molecular weight excluding hydrogens is 220 g/mol. The molecule has 0 aliphatic rings. The third-order valence-electron chi connectivity index (χ3n) is 2.68. The van der Waals surface area contributed by atoms with Crippen LogP contribution in [-0.2, 0) is 11.3 Å². The van der Waals surface area contributed by atoms with E-state index in [9.17, 15) is 9.59 Å². The molecule has 5 heteroatoms. The van der Waals surface area contributed by atoms with Gasteiger partial charge < -0.3 is 15.0 Å². The molecule has 5 nitrogen and oxygen atoms in total. The quantitative estimate of drug-likeness (QED) is 0.785. The Morgan fingerprint density at radius 3 is 2.82 bits per heavy atom. The SMILES string of the molecule is CCC(C)CNC(=O)c1cccn1CC(=O)O. The van der Waals surface area contributed by atoms with Crippen molar-refractivity contribution in [1.82, 2.24) is 9.88 Å². The average molecular weight is 238 g/mol. The summed E-state index contributed by atoms with van der Waals surface area (Å²) in [5.74, 6) is -0.768. The minimum atomic E-state index is -0.961. The van der Waals surface area contributed by atoms with Crippen LogP contribution in [0.25, 0.3) is 0 Å². The van der Waals surface area contributed by atoms with Gasteiger partial charge in [-0.3, -0.25) is 9.59 Å². The van der Waals surface area contributed by atoms with E-state index in [1.807, 2.05) is 0 Å². The van der Waals surface area contributed by atoms with Crippen LogP contribution in [0.4, 0.5) is 0 Å². The summed E-state index contributed by atoms with van der Waals surface area (Å²) in [5, 5.41) is 11.5. The largest absolute Gasteiger partial charge is 0.480 e. The summed E-state index contributed by atoms with van der Waals surface area (Å²) in [5.41, 5.74) is 0.385. The molecule has 0 fully saturated rings. The van der Waals surface area contributed by atoms with Gasteiger partial charge in [0, 0.05) is 12.7 Å². The molecule has 1 rings (SSSR count). The first-order valence-corrected chi connectivity index (χ1v) is 5.69. The van der Waals surface area contributed by atoms with Gasteiger partial charge in [-0.05, 0) is 18.1 Å². The molecule has 1 unspecified atom stereocenters. The summed E-state index contributed by atoms with van der Waals surface area (Å²) in [6, 6.07) is 3.29. The van der Waals surface area contributed by atoms with E-state index in [4.69, 9.17) is 5.11 Å². The highest BCUT2D eigenvalue weighted by atomic mass is 16.4. The highest BCUT2D eigenvalue weighted by Crippen LogP contribution is 2.04. The maximum absolute atomic E-state index is 11.8. The molecule has 1 amide bonds. The Morgan fingerprint density at radius 1 is 1.53 bits per heavy atom. The summed E-state index contributed by atoms with van der Waals surface area (Å²) in [6.45, 7) is 4.52. The van der Waals surface area contributed by atoms with E-state index in [0.29, 0.717) is 18.2 Å². The molecule has 1 aromatic heterocycles. The van der Waals surface area contributed by atoms with E-state index < -0.39 is 5.97 Å². The Bertz CT molecular complexity index is 398. The second-order valence-electron chi connectivity index (χ2n) is 4.14. The second-order valence-corrected chi connectivity index (χ2v) is 4.14. The second kappa shape index (κ2) is 6.08. The molecule has 0 saturated heterocycles. The van der Waals surface area contributed by atoms with Crippen LogP contribution in [0.5, 0.6) is 0 Å². The van der Waals surface area contributed by atoms with Crippen LogP contribution in [-0.4, -0.2) is 28.1 Å². The smallest absolute Gasteiger partial charge is 0.323 e. The first-order chi connectivity index (χ1) is 8.04. The Labute approximate surface area is 100 Å². The van der Waals surface area contributed by atoms with Crippen LogP contribution in [0.15, 0.2) is 18.3 Å². The van der Waals surface area contributed by atoms with Gasteiger partial charge in [0.25, 0.3) is 5.91 Å². The molecule has 2 N–H and O–H groups in total. The summed E-state index contributed by atoms with van der Waals surface area (Å²) >= 11 is 0. The number of carboxylic acid groups (broad SMARTS) is 1. The first kappa shape index (κ1) is 13.3. The molecule has 1 heterocycles. The fraction of sp³-hybridized carbons (Fsp3) is 0.500. The molecule has 1 atom stereocenters. The number of nitrogens with zero attached hydrogens (tertiary/aromatic N) is 1. The number of rotatable bonds is 6. The molecule has 0 saturated carbocycles. The highest BCUT2D eigenvalue weighted by molar-refractivity contribution is 5.93. The first-order valence-electron chi connectivity index (χ1n) is 5.69. The van der Waals surface area contributed by atoms with Crippen molar-refractivity contribution in [3.8, 4) is 0 Å². The molecule has 0 aliphatic carbocycles. The minimum Gasteiger partial charge on any atom is -0.480 e. The van der Waals surface area contributed by atoms with Gasteiger partial charge in [-0.2, -0.15) is 0 Å². The summed E-state index contributed by atoms with van der Waals surface area (Å²) in [7, 11) is 0. The predicted molar refractivity (Wildman–Crippen MR) is 63.9 cm³/mol. The van der Waals surface area contributed by atoms with Gasteiger partial charge in [0.2, 0.25) is 0 Å². The Morgan fingerprint density at radius 2 is 2.24 bits per heavy atom. The molecule has 0 bridgehead atoms. The summed E-state index contributed by atoms with van der Waals surface area (Å²) < 4.78 is 1.42. The maximum Gasteiger partial charge on any atom is 0.323 e. The number of aromatic nitrogens is 1. The van der Waals surface area contributed by atoms with Gasteiger partial charge in [0.15, 0.2) is 0 Å². The number of aliphatic carboxylic acids is 1. The van der Waals surface area contributed by atoms with Crippen LogP contribution in [0.3, 0.4) is 0 Å². The van der Waals surface area contributed by atoms with Crippen molar-refractivity contribution < 1.29 is 14.7 Å². The fourth-order valence-electron chi connectivity index (χ4n) is 1.41. The lowest BCUT2D eigenvalue weighted by Gasteiger charge is -2.11. The number of carbonyl (C=O) groups is 2. The van der Waals surface area contributed by atoms with Gasteiger partial charge in [-0.1, -0.05) is 20.3 Å². The molecule has 0 aromatic carbocycles. The Kier molecular flexibility index (Phi) is 4.75. The van der Waals surface area contributed by atoms with Gasteiger partial charge >= 0.3 is 5.97 Å². The predicted octanol–water partition coefficient (Wildman–Crippen LogP) is 1.35. The number of amides is 1. The topological polar surface area (TPSA) is 71.3 Å².